The lowest BCUT2D eigenvalue weighted by molar-refractivity contribution is -0.159. The van der Waals surface area contributed by atoms with Gasteiger partial charge in [0.15, 0.2) is 0 Å². The highest BCUT2D eigenvalue weighted by Gasteiger charge is 2.36. The molecule has 1 atom stereocenters. The number of nitrogens with zero attached hydrogens (tertiary/aromatic N) is 2. The van der Waals surface area contributed by atoms with Crippen LogP contribution in [0.1, 0.15) is 43.6 Å². The number of carbonyl (C=O) groups excluding carboxylic acids is 2. The van der Waals surface area contributed by atoms with Gasteiger partial charge < -0.3 is 9.64 Å². The van der Waals surface area contributed by atoms with Crippen molar-refractivity contribution >= 4 is 23.5 Å². The van der Waals surface area contributed by atoms with Crippen molar-refractivity contribution in [2.45, 2.75) is 45.9 Å². The molecule has 1 aliphatic rings. The molecule has 0 bridgehead atoms. The number of fused-ring (bicyclic) bond motifs is 1. The molecule has 2 aromatic rings. The van der Waals surface area contributed by atoms with Crippen LogP contribution in [0.25, 0.3) is 11.1 Å². The van der Waals surface area contributed by atoms with Gasteiger partial charge in [0.25, 0.3) is 5.91 Å². The number of ether oxygens (including phenoxy) is 1. The molecule has 0 N–H and O–H groups in total. The lowest BCUT2D eigenvalue weighted by Crippen LogP contribution is -2.42. The third kappa shape index (κ3) is 3.95. The van der Waals surface area contributed by atoms with E-state index in [1.54, 1.807) is 45.9 Å². The van der Waals surface area contributed by atoms with Crippen LogP contribution < -0.4 is 0 Å². The largest absolute Gasteiger partial charge is 0.458 e. The Morgan fingerprint density at radius 2 is 2.00 bits per heavy atom. The second kappa shape index (κ2) is 6.93. The van der Waals surface area contributed by atoms with Crippen molar-refractivity contribution in [2.24, 2.45) is 0 Å². The zero-order chi connectivity index (χ0) is 19.9. The monoisotopic (exact) mass is 390 g/mol. The molecular weight excluding hydrogens is 371 g/mol. The zero-order valence-corrected chi connectivity index (χ0v) is 16.3. The van der Waals surface area contributed by atoms with E-state index in [0.717, 1.165) is 5.56 Å². The number of aromatic nitrogens is 1. The first-order chi connectivity index (χ1) is 12.6. The molecular formula is C20H20ClFN2O3. The van der Waals surface area contributed by atoms with E-state index in [4.69, 9.17) is 16.3 Å². The topological polar surface area (TPSA) is 59.5 Å². The van der Waals surface area contributed by atoms with Crippen molar-refractivity contribution in [3.05, 3.63) is 52.6 Å². The second-order valence-electron chi connectivity index (χ2n) is 7.50. The fraction of sp³-hybridized carbons (Fsp3) is 0.350. The van der Waals surface area contributed by atoms with Gasteiger partial charge in [0, 0.05) is 29.9 Å². The summed E-state index contributed by atoms with van der Waals surface area (Å²) in [6, 6.07) is 5.74. The average Bonchev–Trinajstić information content (AvgIpc) is 2.91. The van der Waals surface area contributed by atoms with Gasteiger partial charge in [-0.15, -0.1) is 0 Å². The lowest BCUT2D eigenvalue weighted by atomic mass is 10.0. The first-order valence-electron chi connectivity index (χ1n) is 8.55. The van der Waals surface area contributed by atoms with Crippen molar-refractivity contribution in [2.75, 3.05) is 0 Å². The van der Waals surface area contributed by atoms with E-state index in [9.17, 15) is 14.0 Å². The van der Waals surface area contributed by atoms with Crippen LogP contribution in [0, 0.1) is 5.95 Å². The number of rotatable bonds is 3. The molecule has 5 nitrogen and oxygen atoms in total. The summed E-state index contributed by atoms with van der Waals surface area (Å²) in [6.07, 6.45) is 1.23. The number of amides is 1. The molecule has 1 amide bonds. The number of pyridine rings is 1. The highest BCUT2D eigenvalue weighted by Crippen LogP contribution is 2.33. The Morgan fingerprint density at radius 3 is 2.67 bits per heavy atom. The van der Waals surface area contributed by atoms with E-state index < -0.39 is 23.6 Å². The molecule has 1 aromatic heterocycles. The number of halogens is 2. The molecule has 0 unspecified atom stereocenters. The molecule has 1 aromatic carbocycles. The molecule has 0 spiro atoms. The third-order valence-electron chi connectivity index (χ3n) is 4.29. The van der Waals surface area contributed by atoms with Crippen molar-refractivity contribution in [3.8, 4) is 11.1 Å². The van der Waals surface area contributed by atoms with Crippen LogP contribution in [0.4, 0.5) is 4.39 Å². The highest BCUT2D eigenvalue weighted by molar-refractivity contribution is 6.33. The summed E-state index contributed by atoms with van der Waals surface area (Å²) in [5.41, 5.74) is 1.70. The van der Waals surface area contributed by atoms with Gasteiger partial charge in [0.1, 0.15) is 11.6 Å². The van der Waals surface area contributed by atoms with E-state index in [0.29, 0.717) is 28.3 Å². The number of benzene rings is 1. The van der Waals surface area contributed by atoms with Crippen LogP contribution in [0.5, 0.6) is 0 Å². The first-order valence-corrected chi connectivity index (χ1v) is 8.93. The van der Waals surface area contributed by atoms with Gasteiger partial charge in [-0.25, -0.2) is 9.78 Å². The highest BCUT2D eigenvalue weighted by atomic mass is 35.5. The Morgan fingerprint density at radius 1 is 1.30 bits per heavy atom. The summed E-state index contributed by atoms with van der Waals surface area (Å²) in [4.78, 5) is 30.2. The maximum atomic E-state index is 13.5. The third-order valence-corrected chi connectivity index (χ3v) is 4.59. The Balaban J connectivity index is 1.88. The molecule has 2 heterocycles. The van der Waals surface area contributed by atoms with Gasteiger partial charge in [0.05, 0.1) is 5.02 Å². The van der Waals surface area contributed by atoms with Gasteiger partial charge in [-0.2, -0.15) is 4.39 Å². The maximum absolute atomic E-state index is 13.5. The van der Waals surface area contributed by atoms with Gasteiger partial charge in [-0.05, 0) is 44.9 Å². The summed E-state index contributed by atoms with van der Waals surface area (Å²) in [5, 5.41) is 0.292. The quantitative estimate of drug-likeness (QED) is 0.581. The van der Waals surface area contributed by atoms with E-state index in [2.05, 4.69) is 4.98 Å². The van der Waals surface area contributed by atoms with Crippen LogP contribution >= 0.6 is 11.6 Å². The van der Waals surface area contributed by atoms with Crippen molar-refractivity contribution in [3.63, 3.8) is 0 Å². The standard InChI is InChI=1S/C20H20ClFN2O3/c1-11(19(26)27-20(2,3)4)24-10-13-6-5-12(7-15(13)18(24)25)14-8-17(22)23-9-16(14)21/h5-9,11H,10H2,1-4H3/t11-/m1/s1. The molecule has 0 radical (unpaired) electrons. The van der Waals surface area contributed by atoms with Crippen molar-refractivity contribution in [1.82, 2.24) is 9.88 Å². The van der Waals surface area contributed by atoms with Crippen LogP contribution in [0.15, 0.2) is 30.5 Å². The molecule has 0 saturated heterocycles. The minimum absolute atomic E-state index is 0.268. The van der Waals surface area contributed by atoms with Gasteiger partial charge >= 0.3 is 5.97 Å². The molecule has 7 heteroatoms. The normalized spacial score (nSPS) is 14.9. The number of hydrogen-bond acceptors (Lipinski definition) is 4. The summed E-state index contributed by atoms with van der Waals surface area (Å²) in [7, 11) is 0. The Kier molecular flexibility index (Phi) is 4.95. The maximum Gasteiger partial charge on any atom is 0.329 e. The van der Waals surface area contributed by atoms with E-state index >= 15 is 0 Å². The summed E-state index contributed by atoms with van der Waals surface area (Å²) in [5.74, 6) is -1.37. The van der Waals surface area contributed by atoms with Crippen LogP contribution in [0.2, 0.25) is 5.02 Å². The molecule has 0 saturated carbocycles. The van der Waals surface area contributed by atoms with Gasteiger partial charge in [0.2, 0.25) is 5.95 Å². The number of hydrogen-bond donors (Lipinski definition) is 0. The fourth-order valence-electron chi connectivity index (χ4n) is 2.95. The molecule has 1 aliphatic heterocycles. The predicted octanol–water partition coefficient (Wildman–Crippen LogP) is 4.23. The van der Waals surface area contributed by atoms with Gasteiger partial charge in [-0.1, -0.05) is 23.7 Å². The SMILES string of the molecule is C[C@H](C(=O)OC(C)(C)C)N1Cc2ccc(-c3cc(F)ncc3Cl)cc2C1=O. The van der Waals surface area contributed by atoms with E-state index in [-0.39, 0.29) is 5.91 Å². The van der Waals surface area contributed by atoms with Crippen LogP contribution in [-0.2, 0) is 16.1 Å². The van der Waals surface area contributed by atoms with Crippen molar-refractivity contribution < 1.29 is 18.7 Å². The molecule has 0 fully saturated rings. The molecule has 27 heavy (non-hydrogen) atoms. The van der Waals surface area contributed by atoms with Crippen LogP contribution in [-0.4, -0.2) is 33.4 Å². The Labute approximate surface area is 162 Å². The lowest BCUT2D eigenvalue weighted by Gasteiger charge is -2.27. The molecule has 0 aliphatic carbocycles. The zero-order valence-electron chi connectivity index (χ0n) is 15.5. The van der Waals surface area contributed by atoms with E-state index in [1.165, 1.54) is 17.2 Å². The first kappa shape index (κ1) is 19.3. The Hall–Kier alpha value is -2.47. The average molecular weight is 391 g/mol. The van der Waals surface area contributed by atoms with Gasteiger partial charge in [-0.3, -0.25) is 4.79 Å². The molecule has 3 rings (SSSR count). The smallest absolute Gasteiger partial charge is 0.329 e. The fourth-order valence-corrected chi connectivity index (χ4v) is 3.16. The minimum atomic E-state index is -0.713. The summed E-state index contributed by atoms with van der Waals surface area (Å²) < 4.78 is 18.9. The van der Waals surface area contributed by atoms with E-state index in [1.807, 2.05) is 0 Å². The predicted molar refractivity (Wildman–Crippen MR) is 99.8 cm³/mol. The van der Waals surface area contributed by atoms with Crippen LogP contribution in [0.3, 0.4) is 0 Å². The molecule has 142 valence electrons. The number of esters is 1. The summed E-state index contributed by atoms with van der Waals surface area (Å²) in [6.45, 7) is 7.30. The number of carbonyl (C=O) groups is 2. The second-order valence-corrected chi connectivity index (χ2v) is 7.91. The van der Waals surface area contributed by atoms with Crippen molar-refractivity contribution in [1.29, 1.82) is 0 Å². The summed E-state index contributed by atoms with van der Waals surface area (Å²) >= 11 is 6.11. The minimum Gasteiger partial charge on any atom is -0.458 e. The Bertz CT molecular complexity index is 924.